The molecule has 3 aromatic rings. The summed E-state index contributed by atoms with van der Waals surface area (Å²) in [5, 5.41) is 20.5. The van der Waals surface area contributed by atoms with Crippen molar-refractivity contribution in [1.29, 1.82) is 0 Å². The number of ether oxygens (including phenoxy) is 1. The van der Waals surface area contributed by atoms with Crippen LogP contribution in [0.2, 0.25) is 0 Å². The fraction of sp³-hybridized carbons (Fsp3) is 0.464. The number of para-hydroxylation sites is 1. The molecule has 4 rings (SSSR count). The Morgan fingerprint density at radius 3 is 2.46 bits per heavy atom. The van der Waals surface area contributed by atoms with Gasteiger partial charge in [-0.05, 0) is 35.8 Å². The van der Waals surface area contributed by atoms with Crippen LogP contribution in [0, 0.1) is 17.2 Å². The van der Waals surface area contributed by atoms with E-state index in [-0.39, 0.29) is 23.7 Å². The van der Waals surface area contributed by atoms with Crippen molar-refractivity contribution in [3.63, 3.8) is 0 Å². The maximum absolute atomic E-state index is 14.9. The largest absolute Gasteiger partial charge is 0.394 e. The van der Waals surface area contributed by atoms with Gasteiger partial charge in [-0.25, -0.2) is 4.39 Å². The summed E-state index contributed by atoms with van der Waals surface area (Å²) in [6.45, 7) is 7.02. The monoisotopic (exact) mass is 510 g/mol. The summed E-state index contributed by atoms with van der Waals surface area (Å²) in [6.07, 6.45) is 1.69. The van der Waals surface area contributed by atoms with Gasteiger partial charge < -0.3 is 20.5 Å². The maximum atomic E-state index is 14.9. The number of fused-ring (bicyclic) bond motifs is 1. The number of halogens is 1. The van der Waals surface area contributed by atoms with Crippen LogP contribution in [0.5, 0.6) is 0 Å². The predicted octanol–water partition coefficient (Wildman–Crippen LogP) is 3.60. The molecule has 0 radical (unpaired) electrons. The Morgan fingerprint density at radius 2 is 1.81 bits per heavy atom. The smallest absolute Gasteiger partial charge is 0.273 e. The number of rotatable bonds is 8. The van der Waals surface area contributed by atoms with E-state index in [1.807, 2.05) is 51.1 Å². The van der Waals surface area contributed by atoms with Crippen LogP contribution in [0.3, 0.4) is 0 Å². The molecule has 8 nitrogen and oxygen atoms in total. The molecule has 2 aromatic carbocycles. The topological polar surface area (TPSA) is 105 Å². The van der Waals surface area contributed by atoms with Gasteiger partial charge in [-0.15, -0.1) is 0 Å². The Bertz CT molecular complexity index is 1230. The highest BCUT2D eigenvalue weighted by Gasteiger charge is 2.35. The molecule has 3 N–H and O–H groups in total. The van der Waals surface area contributed by atoms with E-state index in [1.54, 1.807) is 16.8 Å². The summed E-state index contributed by atoms with van der Waals surface area (Å²) in [6, 6.07) is 12.2. The van der Waals surface area contributed by atoms with Gasteiger partial charge in [-0.3, -0.25) is 14.3 Å². The second kappa shape index (κ2) is 11.4. The normalized spacial score (nSPS) is 16.4. The van der Waals surface area contributed by atoms with Crippen LogP contribution in [-0.2, 0) is 16.1 Å². The van der Waals surface area contributed by atoms with Crippen molar-refractivity contribution in [1.82, 2.24) is 20.4 Å². The number of carbonyl (C=O) groups excluding carboxylic acids is 2. The van der Waals surface area contributed by atoms with Crippen molar-refractivity contribution >= 4 is 22.7 Å². The number of aliphatic hydroxyl groups excluding tert-OH is 1. The van der Waals surface area contributed by atoms with E-state index >= 15 is 0 Å². The molecule has 1 aliphatic rings. The van der Waals surface area contributed by atoms with Crippen molar-refractivity contribution in [2.24, 2.45) is 11.3 Å². The number of benzene rings is 2. The molecule has 0 spiro atoms. The lowest BCUT2D eigenvalue weighted by Crippen LogP contribution is -2.54. The molecule has 0 bridgehead atoms. The lowest BCUT2D eigenvalue weighted by Gasteiger charge is -2.31. The third-order valence-electron chi connectivity index (χ3n) is 6.81. The molecule has 1 fully saturated rings. The summed E-state index contributed by atoms with van der Waals surface area (Å²) >= 11 is 0. The third-order valence-corrected chi connectivity index (χ3v) is 6.81. The first-order chi connectivity index (χ1) is 17.7. The van der Waals surface area contributed by atoms with E-state index in [1.165, 1.54) is 6.07 Å². The Kier molecular flexibility index (Phi) is 8.24. The maximum Gasteiger partial charge on any atom is 0.273 e. The standard InChI is InChI=1S/C28H35FN4O4/c1-28(2,3)25(27(36)30-22(17-34)19-8-5-4-6-9-19)31-26(35)23-20-10-7-11-21(29)24(20)33(32-23)16-18-12-14-37-15-13-18/h4-11,18,22,25,34H,12-17H2,1-3H3,(H,30,36)(H,31,35)/t22-,25?/m1/s1. The van der Waals surface area contributed by atoms with E-state index in [0.29, 0.717) is 25.1 Å². The van der Waals surface area contributed by atoms with Crippen LogP contribution in [-0.4, -0.2) is 52.6 Å². The van der Waals surface area contributed by atoms with E-state index in [2.05, 4.69) is 15.7 Å². The Morgan fingerprint density at radius 1 is 1.11 bits per heavy atom. The van der Waals surface area contributed by atoms with Crippen LogP contribution >= 0.6 is 0 Å². The summed E-state index contributed by atoms with van der Waals surface area (Å²) < 4.78 is 21.9. The first kappa shape index (κ1) is 26.8. The quantitative estimate of drug-likeness (QED) is 0.430. The molecule has 2 atom stereocenters. The number of nitrogens with zero attached hydrogens (tertiary/aromatic N) is 2. The van der Waals surface area contributed by atoms with Gasteiger partial charge in [-0.2, -0.15) is 5.10 Å². The summed E-state index contributed by atoms with van der Waals surface area (Å²) in [4.78, 5) is 26.9. The van der Waals surface area contributed by atoms with Gasteiger partial charge in [0.25, 0.3) is 5.91 Å². The SMILES string of the molecule is CC(C)(C)C(NC(=O)c1nn(CC2CCOCC2)c2c(F)cccc12)C(=O)N[C@H](CO)c1ccccc1. The molecule has 0 saturated carbocycles. The first-order valence-electron chi connectivity index (χ1n) is 12.7. The van der Waals surface area contributed by atoms with E-state index < -0.39 is 35.1 Å². The van der Waals surface area contributed by atoms with E-state index in [4.69, 9.17) is 4.74 Å². The van der Waals surface area contributed by atoms with E-state index in [9.17, 15) is 19.1 Å². The molecule has 9 heteroatoms. The Balaban J connectivity index is 1.59. The number of carbonyl (C=O) groups is 2. The fourth-order valence-corrected chi connectivity index (χ4v) is 4.72. The highest BCUT2D eigenvalue weighted by Crippen LogP contribution is 2.27. The minimum absolute atomic E-state index is 0.0744. The molecular formula is C28H35FN4O4. The zero-order valence-corrected chi connectivity index (χ0v) is 21.5. The Labute approximate surface area is 216 Å². The second-order valence-corrected chi connectivity index (χ2v) is 10.6. The molecular weight excluding hydrogens is 475 g/mol. The minimum Gasteiger partial charge on any atom is -0.394 e. The number of hydrogen-bond acceptors (Lipinski definition) is 5. The van der Waals surface area contributed by atoms with Gasteiger partial charge in [0, 0.05) is 25.1 Å². The van der Waals surface area contributed by atoms with Gasteiger partial charge in [0.1, 0.15) is 17.4 Å². The number of aromatic nitrogens is 2. The predicted molar refractivity (Wildman–Crippen MR) is 138 cm³/mol. The first-order valence-corrected chi connectivity index (χ1v) is 12.7. The lowest BCUT2D eigenvalue weighted by atomic mass is 9.85. The number of hydrogen-bond donors (Lipinski definition) is 3. The molecule has 2 amide bonds. The average molecular weight is 511 g/mol. The van der Waals surface area contributed by atoms with Crippen molar-refractivity contribution in [2.75, 3.05) is 19.8 Å². The number of nitrogens with one attached hydrogen (secondary N) is 2. The molecule has 198 valence electrons. The third kappa shape index (κ3) is 6.17. The van der Waals surface area contributed by atoms with Gasteiger partial charge in [-0.1, -0.05) is 63.2 Å². The summed E-state index contributed by atoms with van der Waals surface area (Å²) in [7, 11) is 0. The van der Waals surface area contributed by atoms with Crippen LogP contribution in [0.1, 0.15) is 55.7 Å². The Hall–Kier alpha value is -3.30. The highest BCUT2D eigenvalue weighted by molar-refractivity contribution is 6.06. The van der Waals surface area contributed by atoms with Crippen LogP contribution < -0.4 is 10.6 Å². The zero-order valence-electron chi connectivity index (χ0n) is 21.5. The van der Waals surface area contributed by atoms with Crippen molar-refractivity contribution < 1.29 is 23.8 Å². The molecule has 0 aliphatic carbocycles. The minimum atomic E-state index is -0.929. The van der Waals surface area contributed by atoms with Gasteiger partial charge in [0.15, 0.2) is 5.69 Å². The highest BCUT2D eigenvalue weighted by atomic mass is 19.1. The number of amides is 2. The molecule has 1 aromatic heterocycles. The molecule has 37 heavy (non-hydrogen) atoms. The second-order valence-electron chi connectivity index (χ2n) is 10.6. The van der Waals surface area contributed by atoms with Crippen LogP contribution in [0.4, 0.5) is 4.39 Å². The van der Waals surface area contributed by atoms with Gasteiger partial charge >= 0.3 is 0 Å². The number of aliphatic hydroxyl groups is 1. The van der Waals surface area contributed by atoms with Crippen LogP contribution in [0.25, 0.3) is 10.9 Å². The van der Waals surface area contributed by atoms with E-state index in [0.717, 1.165) is 18.4 Å². The van der Waals surface area contributed by atoms with Crippen LogP contribution in [0.15, 0.2) is 48.5 Å². The summed E-state index contributed by atoms with van der Waals surface area (Å²) in [5.74, 6) is -1.17. The average Bonchev–Trinajstić information content (AvgIpc) is 3.25. The van der Waals surface area contributed by atoms with Gasteiger partial charge in [0.2, 0.25) is 5.91 Å². The zero-order chi connectivity index (χ0) is 26.6. The lowest BCUT2D eigenvalue weighted by molar-refractivity contribution is -0.126. The molecule has 1 unspecified atom stereocenters. The van der Waals surface area contributed by atoms with Gasteiger partial charge in [0.05, 0.1) is 12.6 Å². The fourth-order valence-electron chi connectivity index (χ4n) is 4.72. The molecule has 1 aliphatic heterocycles. The van der Waals surface area contributed by atoms with Crippen molar-refractivity contribution in [3.05, 3.63) is 65.6 Å². The molecule has 1 saturated heterocycles. The van der Waals surface area contributed by atoms with Crippen molar-refractivity contribution in [2.45, 2.75) is 52.2 Å². The molecule has 2 heterocycles. The van der Waals surface area contributed by atoms with Crippen molar-refractivity contribution in [3.8, 4) is 0 Å². The summed E-state index contributed by atoms with van der Waals surface area (Å²) in [5.41, 5.74) is 0.457.